The van der Waals surface area contributed by atoms with Gasteiger partial charge < -0.3 is 4.42 Å². The minimum Gasteiger partial charge on any atom is -0.408 e. The van der Waals surface area contributed by atoms with Crippen LogP contribution in [0.5, 0.6) is 0 Å². The van der Waals surface area contributed by atoms with Crippen molar-refractivity contribution in [2.24, 2.45) is 0 Å². The molecule has 0 aliphatic carbocycles. The van der Waals surface area contributed by atoms with Gasteiger partial charge in [0.25, 0.3) is 10.0 Å². The van der Waals surface area contributed by atoms with Crippen LogP contribution in [0.3, 0.4) is 0 Å². The van der Waals surface area contributed by atoms with Crippen LogP contribution in [-0.4, -0.2) is 18.0 Å². The van der Waals surface area contributed by atoms with Crippen molar-refractivity contribution in [1.82, 2.24) is 9.55 Å². The molecule has 0 amide bonds. The maximum atomic E-state index is 14.7. The molecule has 4 aromatic rings. The number of thiazole rings is 1. The summed E-state index contributed by atoms with van der Waals surface area (Å²) in [4.78, 5) is 15.6. The molecule has 10 heteroatoms. The fourth-order valence-corrected chi connectivity index (χ4v) is 4.80. The van der Waals surface area contributed by atoms with Crippen LogP contribution in [0.25, 0.3) is 11.1 Å². The second kappa shape index (κ2) is 6.88. The van der Waals surface area contributed by atoms with E-state index < -0.39 is 32.5 Å². The Morgan fingerprint density at radius 3 is 2.68 bits per heavy atom. The van der Waals surface area contributed by atoms with Crippen molar-refractivity contribution in [3.8, 4) is 0 Å². The van der Waals surface area contributed by atoms with Gasteiger partial charge >= 0.3 is 5.76 Å². The third-order valence-electron chi connectivity index (χ3n) is 4.28. The minimum absolute atomic E-state index is 0.0197. The maximum Gasteiger partial charge on any atom is 0.420 e. The van der Waals surface area contributed by atoms with Crippen LogP contribution >= 0.6 is 11.3 Å². The van der Waals surface area contributed by atoms with E-state index >= 15 is 0 Å². The fourth-order valence-electron chi connectivity index (χ4n) is 2.93. The zero-order chi connectivity index (χ0) is 19.9. The smallest absolute Gasteiger partial charge is 0.408 e. The molecule has 0 fully saturated rings. The molecular weight excluding hydrogens is 405 g/mol. The summed E-state index contributed by atoms with van der Waals surface area (Å²) in [6.07, 6.45) is 1.42. The van der Waals surface area contributed by atoms with Gasteiger partial charge in [-0.2, -0.15) is 0 Å². The van der Waals surface area contributed by atoms with E-state index in [1.165, 1.54) is 10.8 Å². The molecule has 0 saturated heterocycles. The number of benzene rings is 2. The SMILES string of the molecule is C[C@H](c1ccccc1)n1c(=O)oc2cc(S(=O)(=O)Nc3nccs3)c(F)cc21. The first-order valence-electron chi connectivity index (χ1n) is 8.18. The Morgan fingerprint density at radius 1 is 1.25 bits per heavy atom. The highest BCUT2D eigenvalue weighted by molar-refractivity contribution is 7.93. The van der Waals surface area contributed by atoms with Crippen molar-refractivity contribution >= 4 is 37.6 Å². The number of aromatic nitrogens is 2. The maximum absolute atomic E-state index is 14.7. The average molecular weight is 419 g/mol. The molecule has 0 aliphatic rings. The van der Waals surface area contributed by atoms with Gasteiger partial charge in [0.1, 0.15) is 10.7 Å². The van der Waals surface area contributed by atoms with Gasteiger partial charge in [-0.1, -0.05) is 30.3 Å². The highest BCUT2D eigenvalue weighted by Crippen LogP contribution is 2.28. The normalized spacial score (nSPS) is 12.9. The lowest BCUT2D eigenvalue weighted by atomic mass is 10.1. The van der Waals surface area contributed by atoms with Gasteiger partial charge in [-0.3, -0.25) is 9.29 Å². The largest absolute Gasteiger partial charge is 0.420 e. The summed E-state index contributed by atoms with van der Waals surface area (Å²) in [5.74, 6) is -1.69. The van der Waals surface area contributed by atoms with Crippen LogP contribution in [0.15, 0.2) is 68.1 Å². The quantitative estimate of drug-likeness (QED) is 0.533. The van der Waals surface area contributed by atoms with E-state index in [1.807, 2.05) is 30.3 Å². The predicted molar refractivity (Wildman–Crippen MR) is 104 cm³/mol. The van der Waals surface area contributed by atoms with Crippen LogP contribution < -0.4 is 10.5 Å². The van der Waals surface area contributed by atoms with Gasteiger partial charge in [0.2, 0.25) is 0 Å². The second-order valence-electron chi connectivity index (χ2n) is 6.02. The summed E-state index contributed by atoms with van der Waals surface area (Å²) >= 11 is 1.06. The van der Waals surface area contributed by atoms with E-state index in [9.17, 15) is 17.6 Å². The molecular formula is C18H14FN3O4S2. The van der Waals surface area contributed by atoms with Crippen LogP contribution in [0.4, 0.5) is 9.52 Å². The van der Waals surface area contributed by atoms with E-state index in [1.54, 1.807) is 12.3 Å². The molecule has 0 bridgehead atoms. The Kier molecular flexibility index (Phi) is 4.52. The monoisotopic (exact) mass is 419 g/mol. The molecule has 1 N–H and O–H groups in total. The third-order valence-corrected chi connectivity index (χ3v) is 6.45. The zero-order valence-electron chi connectivity index (χ0n) is 14.5. The van der Waals surface area contributed by atoms with E-state index in [0.717, 1.165) is 29.0 Å². The van der Waals surface area contributed by atoms with Crippen LogP contribution in [0.2, 0.25) is 0 Å². The van der Waals surface area contributed by atoms with Gasteiger partial charge in [0, 0.05) is 23.7 Å². The Bertz CT molecular complexity index is 1300. The molecule has 0 radical (unpaired) electrons. The molecule has 144 valence electrons. The molecule has 2 aromatic heterocycles. The molecule has 0 unspecified atom stereocenters. The minimum atomic E-state index is -4.23. The lowest BCUT2D eigenvalue weighted by molar-refractivity contribution is 0.489. The summed E-state index contributed by atoms with van der Waals surface area (Å²) in [6, 6.07) is 10.8. The van der Waals surface area contributed by atoms with Crippen LogP contribution in [0, 0.1) is 5.82 Å². The highest BCUT2D eigenvalue weighted by Gasteiger charge is 2.25. The van der Waals surface area contributed by atoms with E-state index in [4.69, 9.17) is 4.42 Å². The predicted octanol–water partition coefficient (Wildman–Crippen LogP) is 3.60. The van der Waals surface area contributed by atoms with Crippen molar-refractivity contribution in [1.29, 1.82) is 0 Å². The molecule has 4 rings (SSSR count). The van der Waals surface area contributed by atoms with Gasteiger partial charge in [0.15, 0.2) is 10.7 Å². The Balaban J connectivity index is 1.82. The lowest BCUT2D eigenvalue weighted by Gasteiger charge is -2.13. The topological polar surface area (TPSA) is 94.2 Å². The summed E-state index contributed by atoms with van der Waals surface area (Å²) < 4.78 is 48.4. The number of nitrogens with one attached hydrogen (secondary N) is 1. The summed E-state index contributed by atoms with van der Waals surface area (Å²) in [5.41, 5.74) is 0.982. The lowest BCUT2D eigenvalue weighted by Crippen LogP contribution is -2.19. The number of rotatable bonds is 5. The first kappa shape index (κ1) is 18.4. The van der Waals surface area contributed by atoms with Crippen molar-refractivity contribution in [3.05, 3.63) is 76.0 Å². The van der Waals surface area contributed by atoms with E-state index in [2.05, 4.69) is 9.71 Å². The average Bonchev–Trinajstić information content (AvgIpc) is 3.27. The van der Waals surface area contributed by atoms with Crippen LogP contribution in [0.1, 0.15) is 18.5 Å². The summed E-state index contributed by atoms with van der Waals surface area (Å²) in [5, 5.41) is 1.69. The van der Waals surface area contributed by atoms with Crippen molar-refractivity contribution in [2.45, 2.75) is 17.9 Å². The molecule has 28 heavy (non-hydrogen) atoms. The number of oxazole rings is 1. The highest BCUT2D eigenvalue weighted by atomic mass is 32.2. The molecule has 2 aromatic carbocycles. The first-order chi connectivity index (χ1) is 13.4. The first-order valence-corrected chi connectivity index (χ1v) is 10.5. The molecule has 0 spiro atoms. The number of fused-ring (bicyclic) bond motifs is 1. The molecule has 1 atom stereocenters. The number of anilines is 1. The number of hydrogen-bond donors (Lipinski definition) is 1. The summed E-state index contributed by atoms with van der Waals surface area (Å²) in [7, 11) is -4.23. The second-order valence-corrected chi connectivity index (χ2v) is 8.56. The van der Waals surface area contributed by atoms with Crippen molar-refractivity contribution < 1.29 is 17.2 Å². The zero-order valence-corrected chi connectivity index (χ0v) is 16.1. The number of nitrogens with zero attached hydrogens (tertiary/aromatic N) is 2. The van der Waals surface area contributed by atoms with Crippen LogP contribution in [-0.2, 0) is 10.0 Å². The molecule has 0 saturated carbocycles. The molecule has 0 aliphatic heterocycles. The van der Waals surface area contributed by atoms with Gasteiger partial charge in [0.05, 0.1) is 11.6 Å². The molecule has 2 heterocycles. The van der Waals surface area contributed by atoms with E-state index in [-0.39, 0.29) is 16.2 Å². The Morgan fingerprint density at radius 2 is 2.00 bits per heavy atom. The number of halogens is 1. The number of hydrogen-bond acceptors (Lipinski definition) is 6. The molecule has 7 nitrogen and oxygen atoms in total. The van der Waals surface area contributed by atoms with Crippen molar-refractivity contribution in [3.63, 3.8) is 0 Å². The Hall–Kier alpha value is -2.98. The van der Waals surface area contributed by atoms with E-state index in [0.29, 0.717) is 0 Å². The Labute approximate surface area is 163 Å². The van der Waals surface area contributed by atoms with Crippen molar-refractivity contribution in [2.75, 3.05) is 4.72 Å². The summed E-state index contributed by atoms with van der Waals surface area (Å²) in [6.45, 7) is 1.78. The van der Waals surface area contributed by atoms with Gasteiger partial charge in [-0.25, -0.2) is 22.6 Å². The van der Waals surface area contributed by atoms with Gasteiger partial charge in [-0.15, -0.1) is 11.3 Å². The number of sulfonamides is 1. The van der Waals surface area contributed by atoms with Gasteiger partial charge in [-0.05, 0) is 12.5 Å². The fraction of sp³-hybridized carbons (Fsp3) is 0.111. The third kappa shape index (κ3) is 3.20. The standard InChI is InChI=1S/C18H14FN3O4S2/c1-11(12-5-3-2-4-6-12)22-14-9-13(19)16(10-15(14)26-18(22)23)28(24,25)21-17-20-7-8-27-17/h2-11H,1H3,(H,20,21)/t11-/m1/s1.